The lowest BCUT2D eigenvalue weighted by Gasteiger charge is -2.41. The van der Waals surface area contributed by atoms with Gasteiger partial charge in [-0.3, -0.25) is 4.79 Å². The number of aliphatic hydroxyl groups is 1. The van der Waals surface area contributed by atoms with E-state index >= 15 is 0 Å². The SMILES string of the molecule is O=C(CCCN1CC[C@@H](c2ccccc2)[C@@H](C(O)c2ccccc2)C1)c1ccc(F)cc1. The third-order valence-corrected chi connectivity index (χ3v) is 6.56. The zero-order valence-electron chi connectivity index (χ0n) is 18.2. The molecule has 0 aromatic heterocycles. The first-order chi connectivity index (χ1) is 15.6. The smallest absolute Gasteiger partial charge is 0.162 e. The molecule has 1 unspecified atom stereocenters. The summed E-state index contributed by atoms with van der Waals surface area (Å²) in [5, 5.41) is 11.3. The number of hydrogen-bond donors (Lipinski definition) is 1. The van der Waals surface area contributed by atoms with Gasteiger partial charge in [-0.2, -0.15) is 0 Å². The van der Waals surface area contributed by atoms with Crippen LogP contribution in [-0.4, -0.2) is 35.4 Å². The maximum absolute atomic E-state index is 13.1. The molecule has 0 aliphatic carbocycles. The van der Waals surface area contributed by atoms with Crippen molar-refractivity contribution in [3.05, 3.63) is 107 Å². The van der Waals surface area contributed by atoms with E-state index in [0.29, 0.717) is 17.9 Å². The van der Waals surface area contributed by atoms with Crippen molar-refractivity contribution in [2.24, 2.45) is 5.92 Å². The molecule has 0 saturated carbocycles. The predicted molar refractivity (Wildman–Crippen MR) is 125 cm³/mol. The molecule has 32 heavy (non-hydrogen) atoms. The van der Waals surface area contributed by atoms with Gasteiger partial charge in [0.1, 0.15) is 5.82 Å². The third kappa shape index (κ3) is 5.50. The van der Waals surface area contributed by atoms with Crippen LogP contribution in [0.4, 0.5) is 4.39 Å². The van der Waals surface area contributed by atoms with Gasteiger partial charge in [0, 0.05) is 24.4 Å². The molecular formula is C28H30FNO2. The molecule has 3 nitrogen and oxygen atoms in total. The van der Waals surface area contributed by atoms with E-state index in [2.05, 4.69) is 29.2 Å². The number of benzene rings is 3. The number of ketones is 1. The van der Waals surface area contributed by atoms with Gasteiger partial charge in [0.2, 0.25) is 0 Å². The van der Waals surface area contributed by atoms with Crippen LogP contribution in [0.15, 0.2) is 84.9 Å². The minimum atomic E-state index is -0.537. The third-order valence-electron chi connectivity index (χ3n) is 6.56. The second kappa shape index (κ2) is 10.7. The number of rotatable bonds is 8. The summed E-state index contributed by atoms with van der Waals surface area (Å²) in [6.45, 7) is 2.55. The highest BCUT2D eigenvalue weighted by atomic mass is 19.1. The molecule has 1 heterocycles. The fourth-order valence-electron chi connectivity index (χ4n) is 4.83. The van der Waals surface area contributed by atoms with E-state index in [4.69, 9.17) is 0 Å². The van der Waals surface area contributed by atoms with Crippen LogP contribution in [0.2, 0.25) is 0 Å². The van der Waals surface area contributed by atoms with Crippen LogP contribution in [-0.2, 0) is 0 Å². The van der Waals surface area contributed by atoms with E-state index in [1.807, 2.05) is 36.4 Å². The summed E-state index contributed by atoms with van der Waals surface area (Å²) in [6, 6.07) is 26.1. The van der Waals surface area contributed by atoms with E-state index in [9.17, 15) is 14.3 Å². The largest absolute Gasteiger partial charge is 0.388 e. The standard InChI is InChI=1S/C28H30FNO2/c29-24-15-13-22(14-16-24)27(31)12-7-18-30-19-17-25(21-8-3-1-4-9-21)26(20-30)28(32)23-10-5-2-6-11-23/h1-6,8-11,13-16,25-26,28,32H,7,12,17-20H2/t25-,26-,28?/m0/s1. The molecule has 3 aromatic rings. The Morgan fingerprint density at radius 3 is 2.31 bits per heavy atom. The molecule has 0 bridgehead atoms. The molecule has 1 saturated heterocycles. The Balaban J connectivity index is 1.40. The van der Waals surface area contributed by atoms with Crippen molar-refractivity contribution in [3.8, 4) is 0 Å². The van der Waals surface area contributed by atoms with Gasteiger partial charge in [-0.15, -0.1) is 0 Å². The number of aliphatic hydroxyl groups excluding tert-OH is 1. The summed E-state index contributed by atoms with van der Waals surface area (Å²) in [5.41, 5.74) is 2.79. The number of Topliss-reactive ketones (excluding diaryl/α,β-unsaturated/α-hetero) is 1. The van der Waals surface area contributed by atoms with Crippen molar-refractivity contribution in [1.82, 2.24) is 4.90 Å². The summed E-state index contributed by atoms with van der Waals surface area (Å²) in [4.78, 5) is 14.8. The topological polar surface area (TPSA) is 40.5 Å². The van der Waals surface area contributed by atoms with Gasteiger partial charge in [0.05, 0.1) is 6.10 Å². The highest BCUT2D eigenvalue weighted by Gasteiger charge is 2.35. The molecular weight excluding hydrogens is 401 g/mol. The van der Waals surface area contributed by atoms with E-state index < -0.39 is 6.10 Å². The highest BCUT2D eigenvalue weighted by Crippen LogP contribution is 2.40. The molecule has 1 aliphatic heterocycles. The Hall–Kier alpha value is -2.82. The van der Waals surface area contributed by atoms with E-state index in [1.54, 1.807) is 12.1 Å². The lowest BCUT2D eigenvalue weighted by Crippen LogP contribution is -2.42. The summed E-state index contributed by atoms with van der Waals surface area (Å²) >= 11 is 0. The normalized spacial score (nSPS) is 20.1. The van der Waals surface area contributed by atoms with Crippen LogP contribution in [0.25, 0.3) is 0 Å². The number of piperidine rings is 1. The molecule has 3 atom stereocenters. The Morgan fingerprint density at radius 2 is 1.62 bits per heavy atom. The van der Waals surface area contributed by atoms with Gasteiger partial charge in [-0.25, -0.2) is 4.39 Å². The second-order valence-electron chi connectivity index (χ2n) is 8.66. The molecule has 1 fully saturated rings. The lowest BCUT2D eigenvalue weighted by molar-refractivity contribution is 0.0349. The highest BCUT2D eigenvalue weighted by molar-refractivity contribution is 5.95. The van der Waals surface area contributed by atoms with Crippen molar-refractivity contribution in [1.29, 1.82) is 0 Å². The van der Waals surface area contributed by atoms with E-state index in [1.165, 1.54) is 17.7 Å². The fraction of sp³-hybridized carbons (Fsp3) is 0.321. The van der Waals surface area contributed by atoms with Gasteiger partial charge in [-0.05, 0) is 67.2 Å². The molecule has 1 aliphatic rings. The molecule has 0 amide bonds. The monoisotopic (exact) mass is 431 g/mol. The minimum absolute atomic E-state index is 0.0463. The number of halogens is 1. The fourth-order valence-corrected chi connectivity index (χ4v) is 4.83. The van der Waals surface area contributed by atoms with E-state index in [-0.39, 0.29) is 17.5 Å². The first-order valence-corrected chi connectivity index (χ1v) is 11.4. The molecule has 3 aromatic carbocycles. The molecule has 1 N–H and O–H groups in total. The van der Waals surface area contributed by atoms with Gasteiger partial charge in [0.15, 0.2) is 5.78 Å². The van der Waals surface area contributed by atoms with Crippen molar-refractivity contribution >= 4 is 5.78 Å². The Bertz CT molecular complexity index is 991. The summed E-state index contributed by atoms with van der Waals surface area (Å²) in [6.07, 6.45) is 1.63. The summed E-state index contributed by atoms with van der Waals surface area (Å²) in [7, 11) is 0. The molecule has 4 rings (SSSR count). The Kier molecular flexibility index (Phi) is 7.46. The van der Waals surface area contributed by atoms with Crippen molar-refractivity contribution in [2.75, 3.05) is 19.6 Å². The zero-order valence-corrected chi connectivity index (χ0v) is 18.2. The second-order valence-corrected chi connectivity index (χ2v) is 8.66. The molecule has 0 radical (unpaired) electrons. The lowest BCUT2D eigenvalue weighted by atomic mass is 9.76. The Morgan fingerprint density at radius 1 is 0.969 bits per heavy atom. The van der Waals surface area contributed by atoms with Crippen LogP contribution in [0, 0.1) is 11.7 Å². The van der Waals surface area contributed by atoms with Gasteiger partial charge in [-0.1, -0.05) is 60.7 Å². The molecule has 4 heteroatoms. The van der Waals surface area contributed by atoms with Gasteiger partial charge < -0.3 is 10.0 Å². The number of nitrogens with zero attached hydrogens (tertiary/aromatic N) is 1. The first kappa shape index (κ1) is 22.4. The van der Waals surface area contributed by atoms with Gasteiger partial charge >= 0.3 is 0 Å². The molecule has 0 spiro atoms. The van der Waals surface area contributed by atoms with Gasteiger partial charge in [0.25, 0.3) is 0 Å². The minimum Gasteiger partial charge on any atom is -0.388 e. The van der Waals surface area contributed by atoms with E-state index in [0.717, 1.165) is 38.0 Å². The maximum atomic E-state index is 13.1. The summed E-state index contributed by atoms with van der Waals surface area (Å²) in [5.74, 6) is 0.0979. The predicted octanol–water partition coefficient (Wildman–Crippen LogP) is 5.63. The quantitative estimate of drug-likeness (QED) is 0.470. The van der Waals surface area contributed by atoms with Crippen LogP contribution < -0.4 is 0 Å². The average Bonchev–Trinajstić information content (AvgIpc) is 2.85. The van der Waals surface area contributed by atoms with Crippen LogP contribution in [0.5, 0.6) is 0 Å². The van der Waals surface area contributed by atoms with Crippen molar-refractivity contribution in [2.45, 2.75) is 31.3 Å². The van der Waals surface area contributed by atoms with Crippen LogP contribution in [0.3, 0.4) is 0 Å². The van der Waals surface area contributed by atoms with Crippen LogP contribution >= 0.6 is 0 Å². The summed E-state index contributed by atoms with van der Waals surface area (Å²) < 4.78 is 13.1. The van der Waals surface area contributed by atoms with Crippen molar-refractivity contribution < 1.29 is 14.3 Å². The first-order valence-electron chi connectivity index (χ1n) is 11.4. The maximum Gasteiger partial charge on any atom is 0.162 e. The number of hydrogen-bond acceptors (Lipinski definition) is 3. The number of carbonyl (C=O) groups is 1. The molecule has 166 valence electrons. The van der Waals surface area contributed by atoms with Crippen molar-refractivity contribution in [3.63, 3.8) is 0 Å². The number of likely N-dealkylation sites (tertiary alicyclic amines) is 1. The Labute approximate surface area is 189 Å². The zero-order chi connectivity index (χ0) is 22.3. The van der Waals surface area contributed by atoms with Crippen LogP contribution in [0.1, 0.15) is 52.8 Å². The number of carbonyl (C=O) groups excluding carboxylic acids is 1. The average molecular weight is 432 g/mol.